The van der Waals surface area contributed by atoms with Crippen LogP contribution in [0.5, 0.6) is 0 Å². The molecular formula is C8H7BrFNO2. The normalized spacial score (nSPS) is 9.77. The van der Waals surface area contributed by atoms with Gasteiger partial charge in [-0.25, -0.2) is 9.78 Å². The quantitative estimate of drug-likeness (QED) is 0.594. The molecule has 1 aromatic heterocycles. The van der Waals surface area contributed by atoms with Gasteiger partial charge in [-0.3, -0.25) is 0 Å². The molecule has 0 aliphatic carbocycles. The molecule has 1 aromatic rings. The number of carbonyl (C=O) groups excluding carboxylic acids is 1. The zero-order chi connectivity index (χ0) is 9.84. The Morgan fingerprint density at radius 3 is 3.08 bits per heavy atom. The number of pyridine rings is 1. The largest absolute Gasteiger partial charge is 0.462 e. The summed E-state index contributed by atoms with van der Waals surface area (Å²) in [6.07, 6.45) is 1.21. The van der Waals surface area contributed by atoms with Gasteiger partial charge >= 0.3 is 5.97 Å². The molecule has 0 aromatic carbocycles. The molecule has 0 saturated carbocycles. The minimum atomic E-state index is -0.717. The maximum absolute atomic E-state index is 12.8. The van der Waals surface area contributed by atoms with Gasteiger partial charge in [-0.15, -0.1) is 0 Å². The third kappa shape index (κ3) is 2.24. The van der Waals surface area contributed by atoms with Crippen LogP contribution in [0.4, 0.5) is 4.39 Å². The maximum atomic E-state index is 12.8. The number of ether oxygens (including phenoxy) is 1. The molecule has 0 aliphatic rings. The van der Waals surface area contributed by atoms with Gasteiger partial charge in [0.15, 0.2) is 0 Å². The Hall–Kier alpha value is -0.970. The molecule has 0 fully saturated rings. The summed E-state index contributed by atoms with van der Waals surface area (Å²) in [5.41, 5.74) is 0.148. The Kier molecular flexibility index (Phi) is 3.36. The summed E-state index contributed by atoms with van der Waals surface area (Å²) < 4.78 is 17.6. The van der Waals surface area contributed by atoms with Gasteiger partial charge in [-0.2, -0.15) is 4.39 Å². The van der Waals surface area contributed by atoms with Crippen LogP contribution in [0.2, 0.25) is 0 Å². The van der Waals surface area contributed by atoms with Crippen LogP contribution in [0.15, 0.2) is 16.7 Å². The predicted molar refractivity (Wildman–Crippen MR) is 47.9 cm³/mol. The monoisotopic (exact) mass is 247 g/mol. The fourth-order valence-corrected chi connectivity index (χ4v) is 1.18. The van der Waals surface area contributed by atoms with Crippen LogP contribution in [0.1, 0.15) is 17.3 Å². The van der Waals surface area contributed by atoms with E-state index in [1.807, 2.05) is 0 Å². The van der Waals surface area contributed by atoms with Crippen molar-refractivity contribution in [1.82, 2.24) is 4.98 Å². The first-order valence-corrected chi connectivity index (χ1v) is 4.43. The average molecular weight is 248 g/mol. The van der Waals surface area contributed by atoms with Crippen molar-refractivity contribution in [1.29, 1.82) is 0 Å². The second-order valence-corrected chi connectivity index (χ2v) is 2.98. The molecule has 0 bridgehead atoms. The molecule has 0 amide bonds. The van der Waals surface area contributed by atoms with Gasteiger partial charge < -0.3 is 4.74 Å². The lowest BCUT2D eigenvalue weighted by molar-refractivity contribution is 0.0524. The van der Waals surface area contributed by atoms with E-state index in [2.05, 4.69) is 20.9 Å². The number of halogens is 2. The lowest BCUT2D eigenvalue weighted by Gasteiger charge is -2.03. The lowest BCUT2D eigenvalue weighted by Crippen LogP contribution is -2.06. The van der Waals surface area contributed by atoms with E-state index < -0.39 is 11.9 Å². The second-order valence-electron chi connectivity index (χ2n) is 2.18. The molecule has 0 N–H and O–H groups in total. The Balaban J connectivity index is 3.01. The molecule has 0 unspecified atom stereocenters. The highest BCUT2D eigenvalue weighted by Crippen LogP contribution is 2.19. The van der Waals surface area contributed by atoms with Crippen molar-refractivity contribution < 1.29 is 13.9 Å². The first-order valence-electron chi connectivity index (χ1n) is 3.64. The van der Waals surface area contributed by atoms with E-state index in [1.54, 1.807) is 6.92 Å². The first-order chi connectivity index (χ1) is 6.16. The van der Waals surface area contributed by atoms with Crippen molar-refractivity contribution in [2.45, 2.75) is 6.92 Å². The van der Waals surface area contributed by atoms with Crippen molar-refractivity contribution in [3.05, 3.63) is 28.2 Å². The van der Waals surface area contributed by atoms with Gasteiger partial charge in [0, 0.05) is 6.20 Å². The highest BCUT2D eigenvalue weighted by Gasteiger charge is 2.14. The van der Waals surface area contributed by atoms with Crippen LogP contribution in [0.25, 0.3) is 0 Å². The van der Waals surface area contributed by atoms with E-state index in [1.165, 1.54) is 12.3 Å². The minimum absolute atomic E-state index is 0.0356. The fourth-order valence-electron chi connectivity index (χ4n) is 0.785. The Morgan fingerprint density at radius 1 is 1.77 bits per heavy atom. The van der Waals surface area contributed by atoms with Gasteiger partial charge in [0.2, 0.25) is 5.95 Å². The summed E-state index contributed by atoms with van der Waals surface area (Å²) in [7, 11) is 0. The van der Waals surface area contributed by atoms with Gasteiger partial charge in [0.25, 0.3) is 0 Å². The topological polar surface area (TPSA) is 39.2 Å². The van der Waals surface area contributed by atoms with Crippen LogP contribution >= 0.6 is 15.9 Å². The van der Waals surface area contributed by atoms with E-state index in [0.717, 1.165) is 0 Å². The Morgan fingerprint density at radius 2 is 2.46 bits per heavy atom. The standard InChI is InChI=1S/C8H7BrFNO2/c1-2-13-8(12)5-3-4-11-7(10)6(5)9/h3-4H,2H2,1H3. The highest BCUT2D eigenvalue weighted by molar-refractivity contribution is 9.10. The van der Waals surface area contributed by atoms with Crippen molar-refractivity contribution >= 4 is 21.9 Å². The fraction of sp³-hybridized carbons (Fsp3) is 0.250. The van der Waals surface area contributed by atoms with E-state index in [4.69, 9.17) is 4.74 Å². The van der Waals surface area contributed by atoms with Crippen LogP contribution in [0.3, 0.4) is 0 Å². The number of hydrogen-bond donors (Lipinski definition) is 0. The average Bonchev–Trinajstić information content (AvgIpc) is 2.10. The molecule has 70 valence electrons. The molecule has 0 radical (unpaired) electrons. The summed E-state index contributed by atoms with van der Waals surface area (Å²) in [6, 6.07) is 1.39. The van der Waals surface area contributed by atoms with Gasteiger partial charge in [-0.05, 0) is 28.9 Å². The summed E-state index contributed by atoms with van der Waals surface area (Å²) in [6.45, 7) is 1.94. The molecule has 3 nitrogen and oxygen atoms in total. The molecule has 1 heterocycles. The second kappa shape index (κ2) is 4.32. The zero-order valence-corrected chi connectivity index (χ0v) is 8.47. The summed E-state index contributed by atoms with van der Waals surface area (Å²) >= 11 is 2.91. The van der Waals surface area contributed by atoms with Crippen LogP contribution in [-0.4, -0.2) is 17.6 Å². The number of rotatable bonds is 2. The van der Waals surface area contributed by atoms with E-state index in [0.29, 0.717) is 0 Å². The van der Waals surface area contributed by atoms with E-state index in [-0.39, 0.29) is 16.6 Å². The van der Waals surface area contributed by atoms with E-state index in [9.17, 15) is 9.18 Å². The predicted octanol–water partition coefficient (Wildman–Crippen LogP) is 2.16. The number of nitrogens with zero attached hydrogens (tertiary/aromatic N) is 1. The third-order valence-electron chi connectivity index (χ3n) is 1.34. The van der Waals surface area contributed by atoms with Crippen molar-refractivity contribution in [3.63, 3.8) is 0 Å². The van der Waals surface area contributed by atoms with Gasteiger partial charge in [-0.1, -0.05) is 0 Å². The number of aromatic nitrogens is 1. The van der Waals surface area contributed by atoms with Crippen LogP contribution in [0, 0.1) is 5.95 Å². The minimum Gasteiger partial charge on any atom is -0.462 e. The van der Waals surface area contributed by atoms with Gasteiger partial charge in [0.1, 0.15) is 0 Å². The van der Waals surface area contributed by atoms with Crippen LogP contribution < -0.4 is 0 Å². The molecule has 0 aliphatic heterocycles. The smallest absolute Gasteiger partial charge is 0.339 e. The molecule has 0 atom stereocenters. The molecule has 0 saturated heterocycles. The van der Waals surface area contributed by atoms with Crippen LogP contribution in [-0.2, 0) is 4.74 Å². The summed E-state index contributed by atoms with van der Waals surface area (Å²) in [4.78, 5) is 14.5. The van der Waals surface area contributed by atoms with Gasteiger partial charge in [0.05, 0.1) is 16.6 Å². The molecule has 1 rings (SSSR count). The Bertz CT molecular complexity index is 330. The molecule has 0 spiro atoms. The number of esters is 1. The SMILES string of the molecule is CCOC(=O)c1ccnc(F)c1Br. The highest BCUT2D eigenvalue weighted by atomic mass is 79.9. The first kappa shape index (κ1) is 10.1. The zero-order valence-electron chi connectivity index (χ0n) is 6.88. The lowest BCUT2D eigenvalue weighted by atomic mass is 10.3. The maximum Gasteiger partial charge on any atom is 0.339 e. The van der Waals surface area contributed by atoms with Crippen molar-refractivity contribution in [2.75, 3.05) is 6.61 Å². The summed E-state index contributed by atoms with van der Waals surface area (Å²) in [5.74, 6) is -1.28. The number of carbonyl (C=O) groups is 1. The molecule has 13 heavy (non-hydrogen) atoms. The summed E-state index contributed by atoms with van der Waals surface area (Å²) in [5, 5.41) is 0. The van der Waals surface area contributed by atoms with Crippen molar-refractivity contribution in [3.8, 4) is 0 Å². The van der Waals surface area contributed by atoms with E-state index >= 15 is 0 Å². The molecular weight excluding hydrogens is 241 g/mol. The third-order valence-corrected chi connectivity index (χ3v) is 2.10. The number of hydrogen-bond acceptors (Lipinski definition) is 3. The molecule has 5 heteroatoms. The van der Waals surface area contributed by atoms with Crippen molar-refractivity contribution in [2.24, 2.45) is 0 Å². The Labute approximate surface area is 83.1 Å².